The van der Waals surface area contributed by atoms with E-state index in [9.17, 15) is 0 Å². The van der Waals surface area contributed by atoms with Gasteiger partial charge in [0.05, 0.1) is 11.8 Å². The fraction of sp³-hybridized carbons (Fsp3) is 0.500. The van der Waals surface area contributed by atoms with E-state index >= 15 is 0 Å². The molecule has 0 radical (unpaired) electrons. The van der Waals surface area contributed by atoms with Gasteiger partial charge in [0.25, 0.3) is 0 Å². The van der Waals surface area contributed by atoms with E-state index in [0.717, 1.165) is 25.3 Å². The zero-order valence-electron chi connectivity index (χ0n) is 11.1. The summed E-state index contributed by atoms with van der Waals surface area (Å²) in [5.74, 6) is 0.189. The first-order valence-electron chi connectivity index (χ1n) is 6.67. The number of allylic oxidation sites excluding steroid dienone is 1. The highest BCUT2D eigenvalue weighted by Crippen LogP contribution is 2.23. The second-order valence-electron chi connectivity index (χ2n) is 4.62. The van der Waals surface area contributed by atoms with Gasteiger partial charge in [0.1, 0.15) is 0 Å². The molecule has 2 atom stereocenters. The third-order valence-corrected chi connectivity index (χ3v) is 3.17. The smallest absolute Gasteiger partial charge is 0.195 e. The Hall–Kier alpha value is -1.43. The third-order valence-electron chi connectivity index (χ3n) is 3.17. The molecule has 5 nitrogen and oxygen atoms in total. The SMILES string of the molecule is CCNCCNC1=CC2C=CC(C(O)O)=NC2C=C1. The molecule has 0 saturated carbocycles. The number of nitrogens with one attached hydrogen (secondary N) is 2. The van der Waals surface area contributed by atoms with Crippen LogP contribution < -0.4 is 10.6 Å². The summed E-state index contributed by atoms with van der Waals surface area (Å²) in [6.45, 7) is 4.88. The maximum absolute atomic E-state index is 9.10. The number of aliphatic hydroxyl groups excluding tert-OH is 1. The Labute approximate surface area is 113 Å². The summed E-state index contributed by atoms with van der Waals surface area (Å²) in [5.41, 5.74) is 1.41. The number of hydrogen-bond acceptors (Lipinski definition) is 5. The van der Waals surface area contributed by atoms with E-state index in [4.69, 9.17) is 10.2 Å². The lowest BCUT2D eigenvalue weighted by Crippen LogP contribution is -2.30. The molecule has 0 bridgehead atoms. The molecule has 2 unspecified atom stereocenters. The van der Waals surface area contributed by atoms with Crippen LogP contribution in [0.2, 0.25) is 0 Å². The lowest BCUT2D eigenvalue weighted by Gasteiger charge is -2.25. The molecule has 2 rings (SSSR count). The van der Waals surface area contributed by atoms with E-state index in [1.165, 1.54) is 0 Å². The van der Waals surface area contributed by atoms with Gasteiger partial charge >= 0.3 is 0 Å². The number of aliphatic hydroxyl groups is 2. The van der Waals surface area contributed by atoms with E-state index in [1.807, 2.05) is 18.2 Å². The summed E-state index contributed by atoms with van der Waals surface area (Å²) >= 11 is 0. The van der Waals surface area contributed by atoms with Crippen molar-refractivity contribution in [2.45, 2.75) is 19.3 Å². The average Bonchev–Trinajstić information content (AvgIpc) is 2.43. The molecule has 5 heteroatoms. The van der Waals surface area contributed by atoms with Gasteiger partial charge in [-0.1, -0.05) is 25.2 Å². The summed E-state index contributed by atoms with van der Waals surface area (Å²) < 4.78 is 0. The maximum Gasteiger partial charge on any atom is 0.195 e. The number of dihydropyridines is 1. The minimum absolute atomic E-state index is 0.0267. The van der Waals surface area contributed by atoms with Crippen LogP contribution in [0.15, 0.2) is 41.1 Å². The fourth-order valence-electron chi connectivity index (χ4n) is 2.16. The molecule has 0 saturated heterocycles. The Morgan fingerprint density at radius 1 is 1.26 bits per heavy atom. The molecule has 0 aromatic heterocycles. The van der Waals surface area contributed by atoms with Crippen molar-refractivity contribution in [2.75, 3.05) is 19.6 Å². The van der Waals surface area contributed by atoms with Crippen molar-refractivity contribution in [3.8, 4) is 0 Å². The van der Waals surface area contributed by atoms with Crippen LogP contribution in [0.5, 0.6) is 0 Å². The van der Waals surface area contributed by atoms with Crippen molar-refractivity contribution < 1.29 is 10.2 Å². The summed E-state index contributed by atoms with van der Waals surface area (Å²) in [4.78, 5) is 4.31. The standard InChI is InChI=1S/C14H21N3O2/c1-2-15-7-8-16-11-4-6-12-10(9-11)3-5-13(17-12)14(18)19/h3-6,9-10,12,14-16,18-19H,2,7-8H2,1H3. The Morgan fingerprint density at radius 2 is 2.11 bits per heavy atom. The van der Waals surface area contributed by atoms with Crippen LogP contribution in [0.3, 0.4) is 0 Å². The molecular weight excluding hydrogens is 242 g/mol. The van der Waals surface area contributed by atoms with Crippen molar-refractivity contribution in [3.05, 3.63) is 36.1 Å². The molecule has 4 N–H and O–H groups in total. The van der Waals surface area contributed by atoms with Crippen LogP contribution in [0.25, 0.3) is 0 Å². The lowest BCUT2D eigenvalue weighted by atomic mass is 9.91. The number of rotatable bonds is 6. The second-order valence-corrected chi connectivity index (χ2v) is 4.62. The predicted molar refractivity (Wildman–Crippen MR) is 75.8 cm³/mol. The van der Waals surface area contributed by atoms with Crippen LogP contribution in [-0.4, -0.2) is 47.9 Å². The molecular formula is C14H21N3O2. The predicted octanol–water partition coefficient (Wildman–Crippen LogP) is -0.0545. The number of aliphatic imine (C=N–C) groups is 1. The van der Waals surface area contributed by atoms with Gasteiger partial charge in [-0.3, -0.25) is 4.99 Å². The van der Waals surface area contributed by atoms with Gasteiger partial charge in [-0.2, -0.15) is 0 Å². The fourth-order valence-corrected chi connectivity index (χ4v) is 2.16. The van der Waals surface area contributed by atoms with Crippen LogP contribution in [-0.2, 0) is 0 Å². The summed E-state index contributed by atoms with van der Waals surface area (Å²) in [6, 6.07) is -0.0267. The summed E-state index contributed by atoms with van der Waals surface area (Å²) in [5, 5.41) is 24.8. The minimum Gasteiger partial charge on any atom is -0.384 e. The Bertz CT molecular complexity index is 424. The Morgan fingerprint density at radius 3 is 2.84 bits per heavy atom. The maximum atomic E-state index is 9.10. The molecule has 1 heterocycles. The highest BCUT2D eigenvalue weighted by Gasteiger charge is 2.23. The Kier molecular flexibility index (Phi) is 4.90. The first kappa shape index (κ1) is 14.0. The molecule has 19 heavy (non-hydrogen) atoms. The zero-order valence-corrected chi connectivity index (χ0v) is 11.1. The largest absolute Gasteiger partial charge is 0.384 e. The van der Waals surface area contributed by atoms with Gasteiger partial charge in [0.15, 0.2) is 6.29 Å². The third kappa shape index (κ3) is 3.76. The van der Waals surface area contributed by atoms with Crippen molar-refractivity contribution in [3.63, 3.8) is 0 Å². The van der Waals surface area contributed by atoms with Crippen LogP contribution in [0.4, 0.5) is 0 Å². The van der Waals surface area contributed by atoms with Crippen molar-refractivity contribution in [2.24, 2.45) is 10.9 Å². The highest BCUT2D eigenvalue weighted by molar-refractivity contribution is 5.98. The first-order chi connectivity index (χ1) is 9.20. The van der Waals surface area contributed by atoms with Gasteiger partial charge in [0, 0.05) is 24.7 Å². The summed E-state index contributed by atoms with van der Waals surface area (Å²) in [7, 11) is 0. The number of likely N-dealkylation sites (N-methyl/N-ethyl adjacent to an activating group) is 1. The lowest BCUT2D eigenvalue weighted by molar-refractivity contribution is 0.0199. The molecule has 2 aliphatic rings. The van der Waals surface area contributed by atoms with E-state index in [0.29, 0.717) is 5.71 Å². The molecule has 0 aromatic rings. The van der Waals surface area contributed by atoms with Crippen molar-refractivity contribution in [1.82, 2.24) is 10.6 Å². The van der Waals surface area contributed by atoms with Crippen LogP contribution >= 0.6 is 0 Å². The normalized spacial score (nSPS) is 25.1. The molecule has 0 fully saturated rings. The molecule has 0 spiro atoms. The average molecular weight is 263 g/mol. The van der Waals surface area contributed by atoms with E-state index in [2.05, 4.69) is 28.6 Å². The summed E-state index contributed by atoms with van der Waals surface area (Å²) in [6.07, 6.45) is 8.26. The topological polar surface area (TPSA) is 76.9 Å². The monoisotopic (exact) mass is 263 g/mol. The molecule has 1 aliphatic carbocycles. The van der Waals surface area contributed by atoms with Gasteiger partial charge < -0.3 is 20.8 Å². The van der Waals surface area contributed by atoms with Crippen molar-refractivity contribution >= 4 is 5.71 Å². The number of nitrogens with zero attached hydrogens (tertiary/aromatic N) is 1. The van der Waals surface area contributed by atoms with Crippen molar-refractivity contribution in [1.29, 1.82) is 0 Å². The quantitative estimate of drug-likeness (QED) is 0.400. The second kappa shape index (κ2) is 6.65. The zero-order chi connectivity index (χ0) is 13.7. The van der Waals surface area contributed by atoms with Gasteiger partial charge in [0.2, 0.25) is 0 Å². The molecule has 0 aromatic carbocycles. The minimum atomic E-state index is -1.49. The first-order valence-corrected chi connectivity index (χ1v) is 6.67. The molecule has 0 amide bonds. The number of fused-ring (bicyclic) bond motifs is 1. The van der Waals surface area contributed by atoms with Gasteiger partial charge in [-0.05, 0) is 18.7 Å². The van der Waals surface area contributed by atoms with E-state index in [1.54, 1.807) is 6.08 Å². The van der Waals surface area contributed by atoms with Crippen LogP contribution in [0.1, 0.15) is 6.92 Å². The van der Waals surface area contributed by atoms with E-state index in [-0.39, 0.29) is 12.0 Å². The van der Waals surface area contributed by atoms with Gasteiger partial charge in [-0.15, -0.1) is 0 Å². The molecule has 104 valence electrons. The number of hydrogen-bond donors (Lipinski definition) is 4. The van der Waals surface area contributed by atoms with E-state index < -0.39 is 6.29 Å². The molecule has 1 aliphatic heterocycles. The van der Waals surface area contributed by atoms with Gasteiger partial charge in [-0.25, -0.2) is 0 Å². The highest BCUT2D eigenvalue weighted by atomic mass is 16.5. The van der Waals surface area contributed by atoms with Crippen LogP contribution in [0, 0.1) is 5.92 Å². The Balaban J connectivity index is 1.90.